The molecule has 2 rings (SSSR count). The predicted molar refractivity (Wildman–Crippen MR) is 61.1 cm³/mol. The summed E-state index contributed by atoms with van der Waals surface area (Å²) in [6.45, 7) is 6.31. The molecule has 15 heavy (non-hydrogen) atoms. The van der Waals surface area contributed by atoms with Crippen molar-refractivity contribution in [3.8, 4) is 0 Å². The van der Waals surface area contributed by atoms with Crippen molar-refractivity contribution in [3.63, 3.8) is 0 Å². The summed E-state index contributed by atoms with van der Waals surface area (Å²) in [5.41, 5.74) is 0. The molecule has 2 fully saturated rings. The van der Waals surface area contributed by atoms with Gasteiger partial charge in [-0.3, -0.25) is 0 Å². The zero-order valence-corrected chi connectivity index (χ0v) is 10.2. The average molecular weight is 213 g/mol. The Labute approximate surface area is 92.5 Å². The van der Waals surface area contributed by atoms with Crippen LogP contribution in [-0.2, 0) is 4.74 Å². The molecule has 3 heteroatoms. The van der Waals surface area contributed by atoms with Gasteiger partial charge in [0.05, 0.1) is 7.11 Å². The van der Waals surface area contributed by atoms with Gasteiger partial charge in [-0.25, -0.2) is 0 Å². The maximum Gasteiger partial charge on any atom is 0.228 e. The summed E-state index contributed by atoms with van der Waals surface area (Å²) in [5, 5.41) is 12.0. The molecule has 0 aliphatic heterocycles. The highest BCUT2D eigenvalue weighted by atomic mass is 16.5. The fourth-order valence-electron chi connectivity index (χ4n) is 3.23. The van der Waals surface area contributed by atoms with Crippen molar-refractivity contribution >= 4 is 5.90 Å². The summed E-state index contributed by atoms with van der Waals surface area (Å²) < 4.78 is 5.08. The largest absolute Gasteiger partial charge is 0.482 e. The van der Waals surface area contributed by atoms with Crippen LogP contribution in [0, 0.1) is 23.7 Å². The Balaban J connectivity index is 0.000000531. The van der Waals surface area contributed by atoms with E-state index in [9.17, 15) is 0 Å². The van der Waals surface area contributed by atoms with E-state index in [4.69, 9.17) is 9.94 Å². The van der Waals surface area contributed by atoms with Crippen LogP contribution in [0.25, 0.3) is 0 Å². The highest BCUT2D eigenvalue weighted by Crippen LogP contribution is 2.52. The van der Waals surface area contributed by atoms with E-state index in [-0.39, 0.29) is 0 Å². The summed E-state index contributed by atoms with van der Waals surface area (Å²) in [4.78, 5) is 0. The van der Waals surface area contributed by atoms with Crippen molar-refractivity contribution in [3.05, 3.63) is 0 Å². The van der Waals surface area contributed by atoms with Crippen LogP contribution < -0.4 is 0 Å². The molecule has 88 valence electrons. The quantitative estimate of drug-likeness (QED) is 0.315. The van der Waals surface area contributed by atoms with Crippen molar-refractivity contribution in [1.82, 2.24) is 0 Å². The van der Waals surface area contributed by atoms with E-state index in [0.717, 1.165) is 18.3 Å². The van der Waals surface area contributed by atoms with Gasteiger partial charge in [0.2, 0.25) is 5.90 Å². The molecule has 1 N–H and O–H groups in total. The molecule has 0 aromatic heterocycles. The van der Waals surface area contributed by atoms with Gasteiger partial charge < -0.3 is 9.94 Å². The number of methoxy groups -OCH3 is 1. The number of ether oxygens (including phenoxy) is 1. The summed E-state index contributed by atoms with van der Waals surface area (Å²) in [5.74, 6) is 3.23. The van der Waals surface area contributed by atoms with Gasteiger partial charge in [0.25, 0.3) is 0 Å². The topological polar surface area (TPSA) is 41.8 Å². The first-order valence-electron chi connectivity index (χ1n) is 6.03. The fourth-order valence-corrected chi connectivity index (χ4v) is 3.23. The lowest BCUT2D eigenvalue weighted by molar-refractivity contribution is 0.250. The first-order chi connectivity index (χ1) is 7.27. The van der Waals surface area contributed by atoms with Gasteiger partial charge >= 0.3 is 0 Å². The second-order valence-electron chi connectivity index (χ2n) is 4.34. The Morgan fingerprint density at radius 3 is 2.33 bits per heavy atom. The Bertz CT molecular complexity index is 228. The van der Waals surface area contributed by atoms with Crippen LogP contribution in [0.3, 0.4) is 0 Å². The molecule has 2 aliphatic carbocycles. The maximum absolute atomic E-state index is 8.76. The molecule has 0 aromatic carbocycles. The first kappa shape index (κ1) is 12.3. The number of fused-ring (bicyclic) bond motifs is 2. The summed E-state index contributed by atoms with van der Waals surface area (Å²) in [7, 11) is 1.59. The highest BCUT2D eigenvalue weighted by molar-refractivity contribution is 5.78. The van der Waals surface area contributed by atoms with Crippen LogP contribution >= 0.6 is 0 Å². The minimum atomic E-state index is 0.378. The molecule has 0 aromatic rings. The van der Waals surface area contributed by atoms with E-state index in [0.29, 0.717) is 17.7 Å². The third-order valence-corrected chi connectivity index (χ3v) is 3.99. The van der Waals surface area contributed by atoms with Gasteiger partial charge in [-0.15, -0.1) is 0 Å². The number of hydrogen-bond donors (Lipinski definition) is 1. The lowest BCUT2D eigenvalue weighted by Gasteiger charge is -2.21. The SMILES string of the molecule is CC.CO/C(=N\O)C1CC2CCC1C2C. The van der Waals surface area contributed by atoms with E-state index < -0.39 is 0 Å². The summed E-state index contributed by atoms with van der Waals surface area (Å²) >= 11 is 0. The monoisotopic (exact) mass is 213 g/mol. The average Bonchev–Trinajstić information content (AvgIpc) is 2.79. The second-order valence-corrected chi connectivity index (χ2v) is 4.34. The molecule has 0 spiro atoms. The molecule has 3 nitrogen and oxygen atoms in total. The van der Waals surface area contributed by atoms with E-state index in [2.05, 4.69) is 12.1 Å². The van der Waals surface area contributed by atoms with Crippen LogP contribution in [0.2, 0.25) is 0 Å². The molecule has 4 unspecified atom stereocenters. The van der Waals surface area contributed by atoms with Crippen LogP contribution in [0.15, 0.2) is 5.16 Å². The highest BCUT2D eigenvalue weighted by Gasteiger charge is 2.48. The molecular formula is C12H23NO2. The molecule has 2 bridgehead atoms. The van der Waals surface area contributed by atoms with Crippen molar-refractivity contribution < 1.29 is 9.94 Å². The Morgan fingerprint density at radius 2 is 2.00 bits per heavy atom. The van der Waals surface area contributed by atoms with Crippen molar-refractivity contribution in [2.45, 2.75) is 40.0 Å². The van der Waals surface area contributed by atoms with Crippen molar-refractivity contribution in [2.75, 3.05) is 7.11 Å². The lowest BCUT2D eigenvalue weighted by Crippen LogP contribution is -2.23. The van der Waals surface area contributed by atoms with Crippen LogP contribution in [-0.4, -0.2) is 18.2 Å². The molecule has 2 aliphatic rings. The number of oxime groups is 1. The minimum absolute atomic E-state index is 0.378. The Kier molecular flexibility index (Phi) is 4.43. The van der Waals surface area contributed by atoms with Crippen LogP contribution in [0.4, 0.5) is 0 Å². The molecule has 4 atom stereocenters. The first-order valence-corrected chi connectivity index (χ1v) is 6.03. The standard InChI is InChI=1S/C10H17NO2.C2H6/c1-6-7-3-4-8(6)9(5-7)10(11-12)13-2;1-2/h6-9,12H,3-5H2,1-2H3;1-2H3/b11-10-;. The molecule has 0 saturated heterocycles. The minimum Gasteiger partial charge on any atom is -0.482 e. The van der Waals surface area contributed by atoms with Gasteiger partial charge in [-0.2, -0.15) is 0 Å². The van der Waals surface area contributed by atoms with E-state index in [1.165, 1.54) is 12.8 Å². The van der Waals surface area contributed by atoms with Gasteiger partial charge in [-0.1, -0.05) is 25.9 Å². The number of nitrogens with zero attached hydrogens (tertiary/aromatic N) is 1. The van der Waals surface area contributed by atoms with Gasteiger partial charge in [0, 0.05) is 5.92 Å². The summed E-state index contributed by atoms with van der Waals surface area (Å²) in [6.07, 6.45) is 3.78. The Morgan fingerprint density at radius 1 is 1.33 bits per heavy atom. The normalized spacial score (nSPS) is 38.5. The number of hydrogen-bond acceptors (Lipinski definition) is 3. The maximum atomic E-state index is 8.76. The zero-order valence-electron chi connectivity index (χ0n) is 10.2. The van der Waals surface area contributed by atoms with Crippen LogP contribution in [0.5, 0.6) is 0 Å². The molecular weight excluding hydrogens is 190 g/mol. The van der Waals surface area contributed by atoms with E-state index in [1.807, 2.05) is 13.8 Å². The molecule has 2 saturated carbocycles. The zero-order chi connectivity index (χ0) is 11.4. The molecule has 0 radical (unpaired) electrons. The third kappa shape index (κ3) is 2.11. The van der Waals surface area contributed by atoms with Crippen molar-refractivity contribution in [1.29, 1.82) is 0 Å². The van der Waals surface area contributed by atoms with E-state index in [1.54, 1.807) is 7.11 Å². The molecule has 0 amide bonds. The van der Waals surface area contributed by atoms with Gasteiger partial charge in [-0.05, 0) is 37.0 Å². The predicted octanol–water partition coefficient (Wildman–Crippen LogP) is 3.13. The smallest absolute Gasteiger partial charge is 0.228 e. The third-order valence-electron chi connectivity index (χ3n) is 3.99. The Hall–Kier alpha value is -0.730. The van der Waals surface area contributed by atoms with Gasteiger partial charge in [0.1, 0.15) is 0 Å². The summed E-state index contributed by atoms with van der Waals surface area (Å²) in [6, 6.07) is 0. The lowest BCUT2D eigenvalue weighted by atomic mass is 9.88. The van der Waals surface area contributed by atoms with Crippen molar-refractivity contribution in [2.24, 2.45) is 28.8 Å². The second kappa shape index (κ2) is 5.38. The number of rotatable bonds is 1. The van der Waals surface area contributed by atoms with E-state index >= 15 is 0 Å². The molecule has 0 heterocycles. The van der Waals surface area contributed by atoms with Crippen LogP contribution in [0.1, 0.15) is 40.0 Å². The van der Waals surface area contributed by atoms with Gasteiger partial charge in [0.15, 0.2) is 0 Å². The fraction of sp³-hybridized carbons (Fsp3) is 0.917.